The van der Waals surface area contributed by atoms with Gasteiger partial charge in [0.2, 0.25) is 0 Å². The maximum atomic E-state index is 12.3. The number of hydrogen-bond acceptors (Lipinski definition) is 1. The van der Waals surface area contributed by atoms with Crippen LogP contribution in [0.15, 0.2) is 22.7 Å². The molecule has 2 nitrogen and oxygen atoms in total. The molecule has 2 rings (SSSR count). The van der Waals surface area contributed by atoms with Crippen molar-refractivity contribution in [3.8, 4) is 0 Å². The zero-order valence-electron chi connectivity index (χ0n) is 9.13. The van der Waals surface area contributed by atoms with Gasteiger partial charge in [0.05, 0.1) is 5.02 Å². The van der Waals surface area contributed by atoms with Gasteiger partial charge in [-0.3, -0.25) is 4.79 Å². The van der Waals surface area contributed by atoms with E-state index in [1.165, 1.54) is 0 Å². The van der Waals surface area contributed by atoms with Crippen molar-refractivity contribution >= 4 is 49.4 Å². The molecule has 0 saturated heterocycles. The molecule has 0 radical (unpaired) electrons. The van der Waals surface area contributed by atoms with Crippen LogP contribution in [0.4, 0.5) is 0 Å². The van der Waals surface area contributed by atoms with Crippen molar-refractivity contribution in [1.82, 2.24) is 4.90 Å². The summed E-state index contributed by atoms with van der Waals surface area (Å²) in [6.07, 6.45) is 2.24. The topological polar surface area (TPSA) is 20.3 Å². The van der Waals surface area contributed by atoms with Crippen molar-refractivity contribution in [3.63, 3.8) is 0 Å². The van der Waals surface area contributed by atoms with Gasteiger partial charge in [-0.15, -0.1) is 0 Å². The molecule has 1 aliphatic rings. The molecule has 0 heterocycles. The molecule has 0 bridgehead atoms. The third-order valence-corrected chi connectivity index (χ3v) is 4.31. The van der Waals surface area contributed by atoms with Gasteiger partial charge in [0, 0.05) is 28.0 Å². The van der Waals surface area contributed by atoms with Crippen molar-refractivity contribution in [2.24, 2.45) is 0 Å². The third-order valence-electron chi connectivity index (χ3n) is 2.74. The van der Waals surface area contributed by atoms with Crippen molar-refractivity contribution in [2.75, 3.05) is 11.9 Å². The van der Waals surface area contributed by atoms with Gasteiger partial charge in [-0.05, 0) is 47.0 Å². The fraction of sp³-hybridized carbons (Fsp3) is 0.417. The van der Waals surface area contributed by atoms with Crippen LogP contribution in [0.2, 0.25) is 5.02 Å². The zero-order chi connectivity index (χ0) is 12.4. The van der Waals surface area contributed by atoms with Gasteiger partial charge in [-0.25, -0.2) is 0 Å². The zero-order valence-corrected chi connectivity index (χ0v) is 13.1. The fourth-order valence-electron chi connectivity index (χ4n) is 1.72. The Morgan fingerprint density at radius 1 is 1.47 bits per heavy atom. The molecular weight excluding hydrogens is 369 g/mol. The van der Waals surface area contributed by atoms with Crippen molar-refractivity contribution in [2.45, 2.75) is 18.9 Å². The van der Waals surface area contributed by atoms with E-state index in [2.05, 4.69) is 31.9 Å². The van der Waals surface area contributed by atoms with E-state index in [9.17, 15) is 4.79 Å². The Morgan fingerprint density at radius 3 is 2.71 bits per heavy atom. The summed E-state index contributed by atoms with van der Waals surface area (Å²) in [6, 6.07) is 5.74. The number of carbonyl (C=O) groups excluding carboxylic acids is 1. The van der Waals surface area contributed by atoms with Gasteiger partial charge in [0.15, 0.2) is 0 Å². The monoisotopic (exact) mass is 379 g/mol. The first-order chi connectivity index (χ1) is 8.13. The van der Waals surface area contributed by atoms with E-state index in [1.807, 2.05) is 4.90 Å². The summed E-state index contributed by atoms with van der Waals surface area (Å²) in [7, 11) is 0. The molecule has 0 spiro atoms. The highest BCUT2D eigenvalue weighted by Crippen LogP contribution is 2.30. The Labute approximate surface area is 123 Å². The lowest BCUT2D eigenvalue weighted by Gasteiger charge is -2.21. The SMILES string of the molecule is O=C(c1ccc(Cl)c(Br)c1)N(CCBr)C1CC1. The second-order valence-electron chi connectivity index (χ2n) is 4.05. The summed E-state index contributed by atoms with van der Waals surface area (Å²) < 4.78 is 0.764. The number of rotatable bonds is 4. The van der Waals surface area contributed by atoms with E-state index >= 15 is 0 Å². The van der Waals surface area contributed by atoms with Crippen LogP contribution in [-0.4, -0.2) is 28.7 Å². The van der Waals surface area contributed by atoms with Crippen LogP contribution in [0.1, 0.15) is 23.2 Å². The largest absolute Gasteiger partial charge is 0.335 e. The normalized spacial score (nSPS) is 14.8. The number of alkyl halides is 1. The van der Waals surface area contributed by atoms with Gasteiger partial charge in [0.1, 0.15) is 0 Å². The standard InChI is InChI=1S/C12H12Br2ClNO/c13-5-6-16(9-2-3-9)12(17)8-1-4-11(15)10(14)7-8/h1,4,7,9H,2-3,5-6H2. The highest BCUT2D eigenvalue weighted by atomic mass is 79.9. The number of hydrogen-bond donors (Lipinski definition) is 0. The van der Waals surface area contributed by atoms with Crippen LogP contribution in [-0.2, 0) is 0 Å². The highest BCUT2D eigenvalue weighted by molar-refractivity contribution is 9.10. The summed E-state index contributed by atoms with van der Waals surface area (Å²) in [5.74, 6) is 0.0873. The Balaban J connectivity index is 2.19. The second kappa shape index (κ2) is 5.72. The quantitative estimate of drug-likeness (QED) is 0.719. The van der Waals surface area contributed by atoms with Gasteiger partial charge in [-0.2, -0.15) is 0 Å². The maximum Gasteiger partial charge on any atom is 0.254 e. The van der Waals surface area contributed by atoms with E-state index < -0.39 is 0 Å². The number of carbonyl (C=O) groups is 1. The van der Waals surface area contributed by atoms with Crippen LogP contribution in [0, 0.1) is 0 Å². The van der Waals surface area contributed by atoms with Crippen LogP contribution in [0.5, 0.6) is 0 Å². The van der Waals surface area contributed by atoms with Gasteiger partial charge >= 0.3 is 0 Å². The molecule has 0 unspecified atom stereocenters. The van der Waals surface area contributed by atoms with Crippen molar-refractivity contribution in [3.05, 3.63) is 33.3 Å². The number of benzene rings is 1. The third kappa shape index (κ3) is 3.24. The molecule has 1 fully saturated rings. The summed E-state index contributed by atoms with van der Waals surface area (Å²) in [5, 5.41) is 1.43. The molecule has 1 amide bonds. The first kappa shape index (κ1) is 13.4. The summed E-state index contributed by atoms with van der Waals surface area (Å²) >= 11 is 12.7. The average molecular weight is 381 g/mol. The smallest absolute Gasteiger partial charge is 0.254 e. The Morgan fingerprint density at radius 2 is 2.18 bits per heavy atom. The molecule has 0 aromatic heterocycles. The van der Waals surface area contributed by atoms with Crippen molar-refractivity contribution in [1.29, 1.82) is 0 Å². The number of nitrogens with zero attached hydrogens (tertiary/aromatic N) is 1. The van der Waals surface area contributed by atoms with Crippen molar-refractivity contribution < 1.29 is 4.79 Å². The predicted octanol–water partition coefficient (Wildman–Crippen LogP) is 4.10. The van der Waals surface area contributed by atoms with E-state index in [0.717, 1.165) is 29.2 Å². The lowest BCUT2D eigenvalue weighted by atomic mass is 10.2. The first-order valence-electron chi connectivity index (χ1n) is 5.45. The molecule has 17 heavy (non-hydrogen) atoms. The van der Waals surface area contributed by atoms with E-state index in [0.29, 0.717) is 16.6 Å². The molecule has 5 heteroatoms. The fourth-order valence-corrected chi connectivity index (χ4v) is 2.60. The van der Waals surface area contributed by atoms with Crippen LogP contribution in [0.25, 0.3) is 0 Å². The highest BCUT2D eigenvalue weighted by Gasteiger charge is 2.32. The lowest BCUT2D eigenvalue weighted by Crippen LogP contribution is -2.34. The van der Waals surface area contributed by atoms with Gasteiger partial charge < -0.3 is 4.90 Å². The number of amides is 1. The van der Waals surface area contributed by atoms with Crippen LogP contribution in [0.3, 0.4) is 0 Å². The molecule has 1 saturated carbocycles. The van der Waals surface area contributed by atoms with Crippen LogP contribution < -0.4 is 0 Å². The minimum absolute atomic E-state index is 0.0873. The molecule has 1 aliphatic carbocycles. The van der Waals surface area contributed by atoms with Crippen LogP contribution >= 0.6 is 43.5 Å². The molecule has 0 atom stereocenters. The second-order valence-corrected chi connectivity index (χ2v) is 6.10. The Hall–Kier alpha value is -0.0600. The molecule has 0 aliphatic heterocycles. The summed E-state index contributed by atoms with van der Waals surface area (Å²) in [4.78, 5) is 14.3. The van der Waals surface area contributed by atoms with Gasteiger partial charge in [-0.1, -0.05) is 27.5 Å². The number of halogens is 3. The molecule has 0 N–H and O–H groups in total. The van der Waals surface area contributed by atoms with Gasteiger partial charge in [0.25, 0.3) is 5.91 Å². The minimum atomic E-state index is 0.0873. The first-order valence-corrected chi connectivity index (χ1v) is 7.74. The van der Waals surface area contributed by atoms with E-state index in [4.69, 9.17) is 11.6 Å². The summed E-state index contributed by atoms with van der Waals surface area (Å²) in [6.45, 7) is 0.754. The molecular formula is C12H12Br2ClNO. The molecule has 1 aromatic carbocycles. The summed E-state index contributed by atoms with van der Waals surface area (Å²) in [5.41, 5.74) is 0.689. The average Bonchev–Trinajstić information content (AvgIpc) is 3.13. The molecule has 92 valence electrons. The lowest BCUT2D eigenvalue weighted by molar-refractivity contribution is 0.0754. The predicted molar refractivity (Wildman–Crippen MR) is 77.0 cm³/mol. The Kier molecular flexibility index (Phi) is 4.50. The molecule has 1 aromatic rings. The van der Waals surface area contributed by atoms with E-state index in [1.54, 1.807) is 18.2 Å². The van der Waals surface area contributed by atoms with E-state index in [-0.39, 0.29) is 5.91 Å². The maximum absolute atomic E-state index is 12.3. The Bertz CT molecular complexity index is 435. The minimum Gasteiger partial charge on any atom is -0.335 e.